The number of carboxylic acids is 1. The lowest BCUT2D eigenvalue weighted by Crippen LogP contribution is -2.50. The molecule has 0 aromatic rings. The maximum absolute atomic E-state index is 11.8. The molecule has 0 radical (unpaired) electrons. The lowest BCUT2D eigenvalue weighted by Gasteiger charge is -2.25. The van der Waals surface area contributed by atoms with Crippen LogP contribution < -0.4 is 5.32 Å². The summed E-state index contributed by atoms with van der Waals surface area (Å²) in [5.41, 5.74) is 0. The summed E-state index contributed by atoms with van der Waals surface area (Å²) < 4.78 is 0. The molecule has 0 bridgehead atoms. The first-order chi connectivity index (χ1) is 8.29. The molecule has 0 saturated heterocycles. The van der Waals surface area contributed by atoms with Crippen LogP contribution in [0.15, 0.2) is 0 Å². The van der Waals surface area contributed by atoms with Crippen molar-refractivity contribution < 1.29 is 14.7 Å². The molecule has 0 rings (SSSR count). The number of hydrogen-bond donors (Lipinski definition) is 2. The first-order valence-corrected chi connectivity index (χ1v) is 6.18. The molecule has 18 heavy (non-hydrogen) atoms. The molecule has 0 heterocycles. The molecule has 6 nitrogen and oxygen atoms in total. The molecule has 0 spiro atoms. The van der Waals surface area contributed by atoms with Gasteiger partial charge in [-0.2, -0.15) is 0 Å². The third-order valence-corrected chi connectivity index (χ3v) is 2.99. The Balaban J connectivity index is 4.37. The van der Waals surface area contributed by atoms with E-state index in [4.69, 9.17) is 5.11 Å². The molecule has 2 amide bonds. The first-order valence-electron chi connectivity index (χ1n) is 6.18. The monoisotopic (exact) mass is 259 g/mol. The van der Waals surface area contributed by atoms with Gasteiger partial charge in [-0.3, -0.25) is 0 Å². The normalized spacial score (nSPS) is 14.1. The Morgan fingerprint density at radius 2 is 1.78 bits per heavy atom. The number of amides is 2. The Hall–Kier alpha value is -1.30. The predicted molar refractivity (Wildman–Crippen MR) is 70.6 cm³/mol. The van der Waals surface area contributed by atoms with Crippen molar-refractivity contribution in [3.63, 3.8) is 0 Å². The van der Waals surface area contributed by atoms with Crippen molar-refractivity contribution in [2.75, 3.05) is 34.2 Å². The van der Waals surface area contributed by atoms with Crippen LogP contribution in [0.3, 0.4) is 0 Å². The van der Waals surface area contributed by atoms with Crippen molar-refractivity contribution in [2.45, 2.75) is 26.3 Å². The van der Waals surface area contributed by atoms with E-state index in [-0.39, 0.29) is 11.9 Å². The smallest absolute Gasteiger partial charge is 0.326 e. The second-order valence-electron chi connectivity index (χ2n) is 4.88. The van der Waals surface area contributed by atoms with Crippen LogP contribution in [-0.4, -0.2) is 67.2 Å². The van der Waals surface area contributed by atoms with Gasteiger partial charge in [-0.25, -0.2) is 9.59 Å². The number of rotatable bonds is 7. The molecule has 0 aliphatic carbocycles. The number of nitrogens with one attached hydrogen (secondary N) is 1. The lowest BCUT2D eigenvalue weighted by atomic mass is 9.99. The first kappa shape index (κ1) is 16.7. The van der Waals surface area contributed by atoms with E-state index in [1.165, 1.54) is 4.90 Å². The predicted octanol–water partition coefficient (Wildman–Crippen LogP) is 0.689. The Morgan fingerprint density at radius 1 is 1.22 bits per heavy atom. The number of likely N-dealkylation sites (N-methyl/N-ethyl adjacent to an activating group) is 2. The fraction of sp³-hybridized carbons (Fsp3) is 0.833. The third-order valence-electron chi connectivity index (χ3n) is 2.99. The molecule has 0 aliphatic rings. The maximum Gasteiger partial charge on any atom is 0.326 e. The highest BCUT2D eigenvalue weighted by molar-refractivity contribution is 5.82. The third kappa shape index (κ3) is 5.86. The number of nitrogens with zero attached hydrogens (tertiary/aromatic N) is 2. The largest absolute Gasteiger partial charge is 0.480 e. The topological polar surface area (TPSA) is 72.9 Å². The summed E-state index contributed by atoms with van der Waals surface area (Å²) in [6, 6.07) is -1.17. The number of urea groups is 1. The molecule has 2 atom stereocenters. The van der Waals surface area contributed by atoms with Crippen LogP contribution in [0.2, 0.25) is 0 Å². The number of aliphatic carboxylic acids is 1. The summed E-state index contributed by atoms with van der Waals surface area (Å²) in [6.45, 7) is 5.03. The minimum Gasteiger partial charge on any atom is -0.480 e. The van der Waals surface area contributed by atoms with Crippen molar-refractivity contribution in [2.24, 2.45) is 5.92 Å². The van der Waals surface area contributed by atoms with Crippen LogP contribution in [0.1, 0.15) is 20.3 Å². The van der Waals surface area contributed by atoms with E-state index < -0.39 is 12.0 Å². The molecular weight excluding hydrogens is 234 g/mol. The molecule has 0 saturated carbocycles. The van der Waals surface area contributed by atoms with Crippen LogP contribution in [-0.2, 0) is 4.79 Å². The van der Waals surface area contributed by atoms with Gasteiger partial charge in [0.25, 0.3) is 0 Å². The average Bonchev–Trinajstić information content (AvgIpc) is 2.30. The SMILES string of the molecule is CC[C@H](C)[C@H](NC(=O)N(C)CCN(C)C)C(=O)O. The number of carbonyl (C=O) groups is 2. The van der Waals surface area contributed by atoms with Crippen LogP contribution in [0, 0.1) is 5.92 Å². The van der Waals surface area contributed by atoms with E-state index in [0.717, 1.165) is 6.54 Å². The minimum atomic E-state index is -0.987. The number of carbonyl (C=O) groups excluding carboxylic acids is 1. The Morgan fingerprint density at radius 3 is 2.17 bits per heavy atom. The highest BCUT2D eigenvalue weighted by Crippen LogP contribution is 2.08. The van der Waals surface area contributed by atoms with E-state index in [9.17, 15) is 9.59 Å². The molecule has 106 valence electrons. The molecule has 0 unspecified atom stereocenters. The van der Waals surface area contributed by atoms with Crippen LogP contribution >= 0.6 is 0 Å². The lowest BCUT2D eigenvalue weighted by molar-refractivity contribution is -0.140. The van der Waals surface area contributed by atoms with Crippen LogP contribution in [0.4, 0.5) is 4.79 Å². The van der Waals surface area contributed by atoms with E-state index in [2.05, 4.69) is 5.32 Å². The van der Waals surface area contributed by atoms with Crippen molar-refractivity contribution in [1.29, 1.82) is 0 Å². The fourth-order valence-electron chi connectivity index (χ4n) is 1.38. The molecular formula is C12H25N3O3. The van der Waals surface area contributed by atoms with Gasteiger partial charge in [0.2, 0.25) is 0 Å². The van der Waals surface area contributed by atoms with E-state index >= 15 is 0 Å². The zero-order valence-corrected chi connectivity index (χ0v) is 11.9. The highest BCUT2D eigenvalue weighted by atomic mass is 16.4. The molecule has 0 aromatic heterocycles. The van der Waals surface area contributed by atoms with Crippen molar-refractivity contribution in [3.8, 4) is 0 Å². The van der Waals surface area contributed by atoms with Gasteiger partial charge in [-0.05, 0) is 20.0 Å². The zero-order valence-electron chi connectivity index (χ0n) is 11.9. The summed E-state index contributed by atoms with van der Waals surface area (Å²) in [5.74, 6) is -1.08. The number of hydrogen-bond acceptors (Lipinski definition) is 3. The summed E-state index contributed by atoms with van der Waals surface area (Å²) in [6.07, 6.45) is 0.707. The zero-order chi connectivity index (χ0) is 14.3. The Kier molecular flexibility index (Phi) is 7.35. The summed E-state index contributed by atoms with van der Waals surface area (Å²) in [7, 11) is 5.50. The fourth-order valence-corrected chi connectivity index (χ4v) is 1.38. The Bertz CT molecular complexity index is 282. The van der Waals surface area contributed by atoms with Gasteiger partial charge in [0.1, 0.15) is 6.04 Å². The van der Waals surface area contributed by atoms with Gasteiger partial charge in [0.15, 0.2) is 0 Å². The van der Waals surface area contributed by atoms with Crippen molar-refractivity contribution in [3.05, 3.63) is 0 Å². The van der Waals surface area contributed by atoms with Crippen LogP contribution in [0.5, 0.6) is 0 Å². The van der Waals surface area contributed by atoms with Gasteiger partial charge in [-0.15, -0.1) is 0 Å². The summed E-state index contributed by atoms with van der Waals surface area (Å²) in [4.78, 5) is 26.4. The summed E-state index contributed by atoms with van der Waals surface area (Å²) >= 11 is 0. The van der Waals surface area contributed by atoms with Gasteiger partial charge in [0, 0.05) is 20.1 Å². The maximum atomic E-state index is 11.8. The Labute approximate surface area is 109 Å². The van der Waals surface area contributed by atoms with Crippen molar-refractivity contribution in [1.82, 2.24) is 15.1 Å². The van der Waals surface area contributed by atoms with E-state index in [1.807, 2.05) is 32.8 Å². The van der Waals surface area contributed by atoms with E-state index in [1.54, 1.807) is 7.05 Å². The van der Waals surface area contributed by atoms with Crippen LogP contribution in [0.25, 0.3) is 0 Å². The summed E-state index contributed by atoms with van der Waals surface area (Å²) in [5, 5.41) is 11.6. The van der Waals surface area contributed by atoms with Gasteiger partial charge < -0.3 is 20.2 Å². The second kappa shape index (κ2) is 7.92. The standard InChI is InChI=1S/C12H25N3O3/c1-6-9(2)10(11(16)17)13-12(18)15(5)8-7-14(3)4/h9-10H,6-8H2,1-5H3,(H,13,18)(H,16,17)/t9-,10-/m0/s1. The average molecular weight is 259 g/mol. The number of carboxylic acid groups (broad SMARTS) is 1. The highest BCUT2D eigenvalue weighted by Gasteiger charge is 2.26. The molecule has 0 fully saturated rings. The molecule has 2 N–H and O–H groups in total. The van der Waals surface area contributed by atoms with Crippen molar-refractivity contribution >= 4 is 12.0 Å². The molecule has 6 heteroatoms. The molecule has 0 aliphatic heterocycles. The quantitative estimate of drug-likeness (QED) is 0.705. The van der Waals surface area contributed by atoms with Gasteiger partial charge >= 0.3 is 12.0 Å². The second-order valence-corrected chi connectivity index (χ2v) is 4.88. The van der Waals surface area contributed by atoms with Gasteiger partial charge in [-0.1, -0.05) is 20.3 Å². The van der Waals surface area contributed by atoms with E-state index in [0.29, 0.717) is 13.0 Å². The van der Waals surface area contributed by atoms with Gasteiger partial charge in [0.05, 0.1) is 0 Å². The minimum absolute atomic E-state index is 0.0892. The molecule has 0 aromatic carbocycles.